The molecule has 18 N–H and O–H groups in total. The maximum Gasteiger partial charge on any atom is 0.394 e. The highest BCUT2D eigenvalue weighted by molar-refractivity contribution is 7.79. The van der Waals surface area contributed by atoms with E-state index in [1.165, 1.54) is 24.3 Å². The number of hydrogen-bond acceptors (Lipinski definition) is 12. The van der Waals surface area contributed by atoms with Crippen LogP contribution in [0, 0.1) is 11.8 Å². The van der Waals surface area contributed by atoms with E-state index >= 15 is 0 Å². The van der Waals surface area contributed by atoms with Gasteiger partial charge in [0.05, 0.1) is 23.9 Å². The number of ketones is 2. The predicted octanol–water partition coefficient (Wildman–Crippen LogP) is -0.702. The molecule has 53 heavy (non-hydrogen) atoms. The fourth-order valence-electron chi connectivity index (χ4n) is 4.48. The number of benzene rings is 2. The van der Waals surface area contributed by atoms with Crippen molar-refractivity contribution < 1.29 is 57.1 Å². The molecule has 0 heterocycles. The van der Waals surface area contributed by atoms with Crippen molar-refractivity contribution in [3.05, 3.63) is 59.7 Å². The van der Waals surface area contributed by atoms with Crippen LogP contribution in [-0.4, -0.2) is 98.5 Å². The molecule has 0 aliphatic heterocycles. The lowest BCUT2D eigenvalue weighted by molar-refractivity contribution is -0.144. The number of aliphatic carboxylic acids is 2. The Morgan fingerprint density at radius 3 is 1.13 bits per heavy atom. The Morgan fingerprint density at radius 1 is 0.604 bits per heavy atom. The number of aliphatic imine (C=N–C) groups is 2. The topological polar surface area (TPSA) is 405 Å². The van der Waals surface area contributed by atoms with Gasteiger partial charge in [0.1, 0.15) is 23.1 Å². The van der Waals surface area contributed by atoms with E-state index < -0.39 is 46.3 Å². The molecule has 2 aromatic rings. The first-order chi connectivity index (χ1) is 24.6. The lowest BCUT2D eigenvalue weighted by Crippen LogP contribution is -2.34. The Morgan fingerprint density at radius 2 is 0.887 bits per heavy atom. The van der Waals surface area contributed by atoms with Crippen LogP contribution in [0.3, 0.4) is 0 Å². The fraction of sp³-hybridized carbons (Fsp3) is 0.438. The molecule has 0 amide bonds. The van der Waals surface area contributed by atoms with Gasteiger partial charge in [0.25, 0.3) is 0 Å². The molecule has 0 saturated carbocycles. The molecule has 21 heteroatoms. The van der Waals surface area contributed by atoms with Crippen molar-refractivity contribution in [1.29, 1.82) is 0 Å². The minimum Gasteiger partial charge on any atom is -0.508 e. The van der Waals surface area contributed by atoms with E-state index in [-0.39, 0.29) is 60.7 Å². The summed E-state index contributed by atoms with van der Waals surface area (Å²) in [4.78, 5) is 54.6. The second-order valence-corrected chi connectivity index (χ2v) is 12.6. The van der Waals surface area contributed by atoms with Crippen LogP contribution in [0.15, 0.2) is 58.5 Å². The van der Waals surface area contributed by atoms with Crippen molar-refractivity contribution >= 4 is 45.8 Å². The van der Waals surface area contributed by atoms with Crippen molar-refractivity contribution in [2.24, 2.45) is 56.2 Å². The standard InChI is InChI=1S/2C16H24N4O4.H2O4S/c2*17-13(2-1-7-20-16(18)19)14(22)9-11(15(23)24)8-10-3-5-12(21)6-4-10;1-5(2,3)4/h2*3-6,11,13,21H,1-2,7-9,17H2,(H,23,24)(H4,18,19,20);(H2,1,2,3,4)/t2*11-,13+;/m00./s1. The van der Waals surface area contributed by atoms with Crippen LogP contribution < -0.4 is 34.4 Å². The average Bonchev–Trinajstić information content (AvgIpc) is 3.05. The second kappa shape index (κ2) is 24.8. The summed E-state index contributed by atoms with van der Waals surface area (Å²) in [5.41, 5.74) is 33.9. The minimum absolute atomic E-state index is 0.0188. The molecule has 0 aliphatic carbocycles. The number of hydrogen-bond donors (Lipinski definition) is 12. The lowest BCUT2D eigenvalue weighted by atomic mass is 9.91. The number of rotatable bonds is 20. The van der Waals surface area contributed by atoms with Crippen molar-refractivity contribution in [3.8, 4) is 11.5 Å². The van der Waals surface area contributed by atoms with Crippen molar-refractivity contribution in [1.82, 2.24) is 0 Å². The molecular formula is C32H50N8O12S. The first kappa shape index (κ1) is 47.7. The average molecular weight is 771 g/mol. The van der Waals surface area contributed by atoms with E-state index in [0.29, 0.717) is 38.8 Å². The zero-order valence-electron chi connectivity index (χ0n) is 28.9. The Labute approximate surface area is 306 Å². The van der Waals surface area contributed by atoms with E-state index in [9.17, 15) is 39.6 Å². The summed E-state index contributed by atoms with van der Waals surface area (Å²) in [7, 11) is -4.67. The monoisotopic (exact) mass is 770 g/mol. The normalized spacial score (nSPS) is 12.9. The molecule has 0 radical (unpaired) electrons. The summed E-state index contributed by atoms with van der Waals surface area (Å²) in [6.07, 6.45) is 1.98. The van der Waals surface area contributed by atoms with Crippen LogP contribution in [-0.2, 0) is 42.4 Å². The number of aromatic hydroxyl groups is 2. The molecule has 296 valence electrons. The van der Waals surface area contributed by atoms with Gasteiger partial charge in [-0.05, 0) is 73.9 Å². The number of Topliss-reactive ketones (excluding diaryl/α,β-unsaturated/α-hetero) is 2. The number of guanidine groups is 2. The molecule has 0 unspecified atom stereocenters. The van der Waals surface area contributed by atoms with Crippen molar-refractivity contribution in [3.63, 3.8) is 0 Å². The molecule has 0 spiro atoms. The quantitative estimate of drug-likeness (QED) is 0.0342. The predicted molar refractivity (Wildman–Crippen MR) is 195 cm³/mol. The molecule has 20 nitrogen and oxygen atoms in total. The summed E-state index contributed by atoms with van der Waals surface area (Å²) < 4.78 is 31.6. The highest BCUT2D eigenvalue weighted by Gasteiger charge is 2.26. The van der Waals surface area contributed by atoms with Gasteiger partial charge in [-0.15, -0.1) is 0 Å². The maximum atomic E-state index is 12.1. The fourth-order valence-corrected chi connectivity index (χ4v) is 4.48. The summed E-state index contributed by atoms with van der Waals surface area (Å²) in [5.74, 6) is -4.25. The van der Waals surface area contributed by atoms with Gasteiger partial charge in [0, 0.05) is 25.9 Å². The molecule has 2 rings (SSSR count). The number of nitrogens with zero attached hydrogens (tertiary/aromatic N) is 2. The number of phenols is 2. The van der Waals surface area contributed by atoms with Gasteiger partial charge in [0.15, 0.2) is 11.9 Å². The molecule has 4 atom stereocenters. The van der Waals surface area contributed by atoms with Gasteiger partial charge in [0.2, 0.25) is 0 Å². The van der Waals surface area contributed by atoms with E-state index in [2.05, 4.69) is 9.98 Å². The van der Waals surface area contributed by atoms with E-state index in [1.54, 1.807) is 24.3 Å². The number of carboxylic acids is 2. The number of carbonyl (C=O) groups excluding carboxylic acids is 2. The smallest absolute Gasteiger partial charge is 0.394 e. The van der Waals surface area contributed by atoms with Gasteiger partial charge >= 0.3 is 22.3 Å². The van der Waals surface area contributed by atoms with Crippen molar-refractivity contribution in [2.75, 3.05) is 13.1 Å². The summed E-state index contributed by atoms with van der Waals surface area (Å²) in [5, 5.41) is 37.1. The second-order valence-electron chi connectivity index (χ2n) is 11.7. The summed E-state index contributed by atoms with van der Waals surface area (Å²) in [6, 6.07) is 11.0. The number of nitrogens with two attached hydrogens (primary N) is 6. The Kier molecular flexibility index (Phi) is 22.3. The molecule has 0 aromatic heterocycles. The summed E-state index contributed by atoms with van der Waals surface area (Å²) in [6.45, 7) is 0.748. The third-order valence-corrected chi connectivity index (χ3v) is 7.19. The molecule has 0 bridgehead atoms. The van der Waals surface area contributed by atoms with Crippen LogP contribution in [0.2, 0.25) is 0 Å². The third kappa shape index (κ3) is 25.3. The first-order valence-electron chi connectivity index (χ1n) is 16.0. The SMILES string of the molecule is NC(N)=NCCC[C@@H](N)C(=O)C[C@H](Cc1ccc(O)cc1)C(=O)O.NC(N)=NCCC[C@@H](N)C(=O)C[C@H](Cc1ccc(O)cc1)C(=O)O.O=S(=O)(O)O. The minimum atomic E-state index is -4.67. The van der Waals surface area contributed by atoms with Gasteiger partial charge < -0.3 is 54.8 Å². The highest BCUT2D eigenvalue weighted by atomic mass is 32.3. The Hall–Kier alpha value is -5.35. The van der Waals surface area contributed by atoms with E-state index in [0.717, 1.165) is 11.1 Å². The molecule has 2 aromatic carbocycles. The molecule has 0 fully saturated rings. The van der Waals surface area contributed by atoms with E-state index in [4.69, 9.17) is 51.9 Å². The highest BCUT2D eigenvalue weighted by Crippen LogP contribution is 2.19. The molecule has 0 saturated heterocycles. The Bertz CT molecular complexity index is 1500. The van der Waals surface area contributed by atoms with Gasteiger partial charge in [-0.2, -0.15) is 8.42 Å². The van der Waals surface area contributed by atoms with Gasteiger partial charge in [-0.1, -0.05) is 24.3 Å². The zero-order chi connectivity index (χ0) is 40.7. The van der Waals surface area contributed by atoms with Crippen LogP contribution in [0.4, 0.5) is 0 Å². The summed E-state index contributed by atoms with van der Waals surface area (Å²) >= 11 is 0. The Balaban J connectivity index is 0.000000904. The zero-order valence-corrected chi connectivity index (χ0v) is 29.7. The van der Waals surface area contributed by atoms with Crippen LogP contribution in [0.25, 0.3) is 0 Å². The first-order valence-corrected chi connectivity index (χ1v) is 17.4. The lowest BCUT2D eigenvalue weighted by Gasteiger charge is -2.15. The largest absolute Gasteiger partial charge is 0.508 e. The van der Waals surface area contributed by atoms with E-state index in [1.807, 2.05) is 0 Å². The van der Waals surface area contributed by atoms with Crippen molar-refractivity contribution in [2.45, 2.75) is 63.5 Å². The van der Waals surface area contributed by atoms with Crippen LogP contribution in [0.1, 0.15) is 49.7 Å². The van der Waals surface area contributed by atoms with Gasteiger partial charge in [-0.3, -0.25) is 38.3 Å². The number of carbonyl (C=O) groups is 4. The maximum absolute atomic E-state index is 12.1. The van der Waals surface area contributed by atoms with Crippen LogP contribution in [0.5, 0.6) is 11.5 Å². The van der Waals surface area contributed by atoms with Gasteiger partial charge in [-0.25, -0.2) is 0 Å². The third-order valence-electron chi connectivity index (χ3n) is 7.19. The molecule has 0 aliphatic rings. The number of carboxylic acid groups (broad SMARTS) is 2. The molecular weight excluding hydrogens is 720 g/mol. The van der Waals surface area contributed by atoms with Crippen LogP contribution >= 0.6 is 0 Å². The number of phenolic OH excluding ortho intramolecular Hbond substituents is 2.